The predicted octanol–water partition coefficient (Wildman–Crippen LogP) is 2.08. The number of rotatable bonds is 5. The lowest BCUT2D eigenvalue weighted by molar-refractivity contribution is 0.0326. The van der Waals surface area contributed by atoms with Gasteiger partial charge in [-0.3, -0.25) is 4.90 Å². The largest absolute Gasteiger partial charge is 0.379 e. The second-order valence-electron chi connectivity index (χ2n) is 5.23. The van der Waals surface area contributed by atoms with E-state index in [1.54, 1.807) is 12.1 Å². The fraction of sp³-hybridized carbons (Fsp3) is 0.467. The number of morpholine rings is 1. The Kier molecular flexibility index (Phi) is 5.07. The molecule has 1 fully saturated rings. The number of thioether (sulfide) groups is 1. The van der Waals surface area contributed by atoms with Crippen LogP contribution in [0.3, 0.4) is 0 Å². The van der Waals surface area contributed by atoms with Crippen LogP contribution in [0.4, 0.5) is 4.39 Å². The third-order valence-electron chi connectivity index (χ3n) is 3.71. The molecule has 0 saturated carbocycles. The molecular weight excluding hydrogens is 303 g/mol. The average molecular weight is 322 g/mol. The van der Waals surface area contributed by atoms with Gasteiger partial charge in [0, 0.05) is 25.9 Å². The van der Waals surface area contributed by atoms with Crippen molar-refractivity contribution in [2.45, 2.75) is 17.5 Å². The van der Waals surface area contributed by atoms with E-state index in [-0.39, 0.29) is 5.82 Å². The molecule has 0 aliphatic carbocycles. The normalized spacial score (nSPS) is 16.1. The quantitative estimate of drug-likeness (QED) is 0.789. The molecule has 118 valence electrons. The van der Waals surface area contributed by atoms with E-state index in [2.05, 4.69) is 15.1 Å². The molecule has 5 nitrogen and oxygen atoms in total. The van der Waals surface area contributed by atoms with Crippen molar-refractivity contribution < 1.29 is 9.13 Å². The molecule has 1 aliphatic heterocycles. The lowest BCUT2D eigenvalue weighted by atomic mass is 10.2. The molecule has 1 aliphatic rings. The molecule has 0 unspecified atom stereocenters. The van der Waals surface area contributed by atoms with E-state index in [0.29, 0.717) is 11.3 Å². The van der Waals surface area contributed by atoms with Crippen molar-refractivity contribution in [3.05, 3.63) is 41.5 Å². The number of hydrogen-bond acceptors (Lipinski definition) is 5. The molecular formula is C15H19FN4OS. The predicted molar refractivity (Wildman–Crippen MR) is 83.1 cm³/mol. The summed E-state index contributed by atoms with van der Waals surface area (Å²) in [5, 5.41) is 9.29. The van der Waals surface area contributed by atoms with E-state index in [1.807, 2.05) is 17.7 Å². The molecule has 1 aromatic heterocycles. The zero-order valence-corrected chi connectivity index (χ0v) is 13.4. The zero-order chi connectivity index (χ0) is 15.4. The van der Waals surface area contributed by atoms with Crippen LogP contribution in [0.5, 0.6) is 0 Å². The van der Waals surface area contributed by atoms with Gasteiger partial charge in [-0.1, -0.05) is 30.0 Å². The SMILES string of the molecule is Cn1c(CN2CCOCC2)nnc1SCc1ccccc1F. The summed E-state index contributed by atoms with van der Waals surface area (Å²) in [6.45, 7) is 4.15. The molecule has 0 radical (unpaired) electrons. The van der Waals surface area contributed by atoms with Crippen LogP contribution in [-0.4, -0.2) is 46.0 Å². The Morgan fingerprint density at radius 1 is 1.23 bits per heavy atom. The number of ether oxygens (including phenoxy) is 1. The smallest absolute Gasteiger partial charge is 0.191 e. The highest BCUT2D eigenvalue weighted by molar-refractivity contribution is 7.98. The van der Waals surface area contributed by atoms with Gasteiger partial charge in [-0.15, -0.1) is 10.2 Å². The number of benzene rings is 1. The first-order valence-corrected chi connectivity index (χ1v) is 8.27. The fourth-order valence-electron chi connectivity index (χ4n) is 2.33. The number of hydrogen-bond donors (Lipinski definition) is 0. The van der Waals surface area contributed by atoms with Gasteiger partial charge in [0.05, 0.1) is 19.8 Å². The minimum atomic E-state index is -0.175. The van der Waals surface area contributed by atoms with Gasteiger partial charge in [0.2, 0.25) is 0 Å². The molecule has 0 atom stereocenters. The van der Waals surface area contributed by atoms with E-state index in [4.69, 9.17) is 4.74 Å². The highest BCUT2D eigenvalue weighted by Crippen LogP contribution is 2.22. The Morgan fingerprint density at radius 3 is 2.77 bits per heavy atom. The molecule has 7 heteroatoms. The average Bonchev–Trinajstić information content (AvgIpc) is 2.88. The summed E-state index contributed by atoms with van der Waals surface area (Å²) in [5.74, 6) is 1.31. The van der Waals surface area contributed by atoms with Crippen molar-refractivity contribution in [2.24, 2.45) is 7.05 Å². The molecule has 2 aromatic rings. The van der Waals surface area contributed by atoms with Crippen LogP contribution in [0.15, 0.2) is 29.4 Å². The van der Waals surface area contributed by atoms with Crippen LogP contribution in [0.1, 0.15) is 11.4 Å². The maximum atomic E-state index is 13.6. The van der Waals surface area contributed by atoms with E-state index in [0.717, 1.165) is 43.8 Å². The van der Waals surface area contributed by atoms with Gasteiger partial charge in [-0.25, -0.2) is 4.39 Å². The molecule has 2 heterocycles. The highest BCUT2D eigenvalue weighted by atomic mass is 32.2. The lowest BCUT2D eigenvalue weighted by Crippen LogP contribution is -2.36. The second-order valence-corrected chi connectivity index (χ2v) is 6.17. The molecule has 22 heavy (non-hydrogen) atoms. The highest BCUT2D eigenvalue weighted by Gasteiger charge is 2.16. The molecule has 0 N–H and O–H groups in total. The standard InChI is InChI=1S/C15H19FN4OS/c1-19-14(10-20-6-8-21-9-7-20)17-18-15(19)22-11-12-4-2-3-5-13(12)16/h2-5H,6-11H2,1H3. The summed E-state index contributed by atoms with van der Waals surface area (Å²) < 4.78 is 21.0. The minimum absolute atomic E-state index is 0.175. The van der Waals surface area contributed by atoms with Gasteiger partial charge in [0.25, 0.3) is 0 Å². The molecule has 1 aromatic carbocycles. The van der Waals surface area contributed by atoms with Gasteiger partial charge in [0.15, 0.2) is 5.16 Å². The maximum Gasteiger partial charge on any atom is 0.191 e. The molecule has 3 rings (SSSR count). The summed E-state index contributed by atoms with van der Waals surface area (Å²) in [6.07, 6.45) is 0. The third kappa shape index (κ3) is 3.66. The summed E-state index contributed by atoms with van der Waals surface area (Å²) in [4.78, 5) is 2.30. The minimum Gasteiger partial charge on any atom is -0.379 e. The second kappa shape index (κ2) is 7.21. The summed E-state index contributed by atoms with van der Waals surface area (Å²) >= 11 is 1.50. The van der Waals surface area contributed by atoms with Gasteiger partial charge in [-0.2, -0.15) is 0 Å². The molecule has 1 saturated heterocycles. The number of aromatic nitrogens is 3. The Morgan fingerprint density at radius 2 is 2.00 bits per heavy atom. The molecule has 0 amide bonds. The van der Waals surface area contributed by atoms with Crippen LogP contribution in [0.25, 0.3) is 0 Å². The molecule has 0 bridgehead atoms. The van der Waals surface area contributed by atoms with Crippen molar-refractivity contribution >= 4 is 11.8 Å². The summed E-state index contributed by atoms with van der Waals surface area (Å²) in [6, 6.07) is 6.83. The van der Waals surface area contributed by atoms with Crippen LogP contribution >= 0.6 is 11.8 Å². The van der Waals surface area contributed by atoms with Crippen molar-refractivity contribution in [1.29, 1.82) is 0 Å². The van der Waals surface area contributed by atoms with E-state index < -0.39 is 0 Å². The number of nitrogens with zero attached hydrogens (tertiary/aromatic N) is 4. The van der Waals surface area contributed by atoms with Crippen molar-refractivity contribution in [2.75, 3.05) is 26.3 Å². The fourth-order valence-corrected chi connectivity index (χ4v) is 3.24. The van der Waals surface area contributed by atoms with Crippen LogP contribution in [0.2, 0.25) is 0 Å². The van der Waals surface area contributed by atoms with Gasteiger partial charge >= 0.3 is 0 Å². The summed E-state index contributed by atoms with van der Waals surface area (Å²) in [5.41, 5.74) is 0.685. The van der Waals surface area contributed by atoms with Crippen molar-refractivity contribution in [3.8, 4) is 0 Å². The lowest BCUT2D eigenvalue weighted by Gasteiger charge is -2.25. The Bertz CT molecular complexity index is 628. The van der Waals surface area contributed by atoms with E-state index in [1.165, 1.54) is 17.8 Å². The van der Waals surface area contributed by atoms with Crippen LogP contribution in [-0.2, 0) is 24.1 Å². The Hall–Kier alpha value is -1.44. The first-order valence-electron chi connectivity index (χ1n) is 7.28. The Labute approximate surface area is 133 Å². The third-order valence-corrected chi connectivity index (χ3v) is 4.78. The van der Waals surface area contributed by atoms with Crippen LogP contribution < -0.4 is 0 Å². The topological polar surface area (TPSA) is 43.2 Å². The van der Waals surface area contributed by atoms with Crippen molar-refractivity contribution in [3.63, 3.8) is 0 Å². The van der Waals surface area contributed by atoms with E-state index >= 15 is 0 Å². The first kappa shape index (κ1) is 15.5. The number of halogens is 1. The summed E-state index contributed by atoms with van der Waals surface area (Å²) in [7, 11) is 1.96. The van der Waals surface area contributed by atoms with Gasteiger partial charge in [0.1, 0.15) is 11.6 Å². The van der Waals surface area contributed by atoms with Crippen LogP contribution in [0, 0.1) is 5.82 Å². The van der Waals surface area contributed by atoms with Gasteiger partial charge in [-0.05, 0) is 11.6 Å². The Balaban J connectivity index is 1.62. The van der Waals surface area contributed by atoms with E-state index in [9.17, 15) is 4.39 Å². The van der Waals surface area contributed by atoms with Crippen molar-refractivity contribution in [1.82, 2.24) is 19.7 Å². The van der Waals surface area contributed by atoms with Gasteiger partial charge < -0.3 is 9.30 Å². The first-order chi connectivity index (χ1) is 10.7. The molecule has 0 spiro atoms. The zero-order valence-electron chi connectivity index (χ0n) is 12.5. The monoisotopic (exact) mass is 322 g/mol. The maximum absolute atomic E-state index is 13.6.